The molecule has 1 saturated heterocycles. The molecule has 0 aliphatic carbocycles. The van der Waals surface area contributed by atoms with Gasteiger partial charge in [0.1, 0.15) is 0 Å². The maximum absolute atomic E-state index is 13.2. The van der Waals surface area contributed by atoms with Crippen LogP contribution in [-0.4, -0.2) is 67.6 Å². The summed E-state index contributed by atoms with van der Waals surface area (Å²) in [6, 6.07) is 13.1. The summed E-state index contributed by atoms with van der Waals surface area (Å²) in [5, 5.41) is 2.98. The van der Waals surface area contributed by atoms with Crippen molar-refractivity contribution in [3.05, 3.63) is 54.2 Å². The minimum absolute atomic E-state index is 0.00791. The number of morpholine rings is 1. The fourth-order valence-corrected chi connectivity index (χ4v) is 4.00. The van der Waals surface area contributed by atoms with E-state index in [9.17, 15) is 9.59 Å². The van der Waals surface area contributed by atoms with Gasteiger partial charge < -0.3 is 14.8 Å². The molecule has 8 nitrogen and oxygen atoms in total. The Morgan fingerprint density at radius 1 is 1.06 bits per heavy atom. The van der Waals surface area contributed by atoms with Gasteiger partial charge in [-0.15, -0.1) is 0 Å². The number of rotatable bonds is 9. The van der Waals surface area contributed by atoms with Crippen molar-refractivity contribution in [2.45, 2.75) is 25.4 Å². The highest BCUT2D eigenvalue weighted by Gasteiger charge is 2.36. The Bertz CT molecular complexity index is 902. The summed E-state index contributed by atoms with van der Waals surface area (Å²) in [7, 11) is 0. The van der Waals surface area contributed by atoms with Crippen molar-refractivity contribution >= 4 is 17.6 Å². The van der Waals surface area contributed by atoms with E-state index in [-0.39, 0.29) is 11.8 Å². The maximum Gasteiger partial charge on any atom is 0.274 e. The summed E-state index contributed by atoms with van der Waals surface area (Å²) in [6.45, 7) is 5.53. The Morgan fingerprint density at radius 3 is 2.69 bits per heavy atom. The summed E-state index contributed by atoms with van der Waals surface area (Å²) >= 11 is 0. The molecule has 2 aliphatic heterocycles. The molecule has 2 aromatic rings. The summed E-state index contributed by atoms with van der Waals surface area (Å²) in [4.78, 5) is 33.8. The van der Waals surface area contributed by atoms with Gasteiger partial charge in [-0.2, -0.15) is 0 Å². The second-order valence-electron chi connectivity index (χ2n) is 7.98. The first-order valence-electron chi connectivity index (χ1n) is 11.3. The fourth-order valence-electron chi connectivity index (χ4n) is 4.00. The zero-order valence-corrected chi connectivity index (χ0v) is 18.2. The number of ether oxygens (including phenoxy) is 2. The van der Waals surface area contributed by atoms with Crippen LogP contribution in [0, 0.1) is 0 Å². The van der Waals surface area contributed by atoms with Crippen LogP contribution in [0.2, 0.25) is 0 Å². The second-order valence-corrected chi connectivity index (χ2v) is 7.98. The molecule has 1 fully saturated rings. The van der Waals surface area contributed by atoms with Gasteiger partial charge in [-0.3, -0.25) is 19.4 Å². The molecule has 1 aromatic carbocycles. The molecule has 32 heavy (non-hydrogen) atoms. The molecule has 4 rings (SSSR count). The molecule has 170 valence electrons. The molecule has 1 atom stereocenters. The van der Waals surface area contributed by atoms with Gasteiger partial charge >= 0.3 is 0 Å². The Balaban J connectivity index is 1.27. The molecule has 0 spiro atoms. The SMILES string of the molecule is O=C(CCCN1C(=O)[C@H](c2ccccc2)Oc2cccnc21)NCCCN1CCOCC1. The van der Waals surface area contributed by atoms with E-state index in [1.807, 2.05) is 36.4 Å². The van der Waals surface area contributed by atoms with E-state index in [2.05, 4.69) is 15.2 Å². The lowest BCUT2D eigenvalue weighted by atomic mass is 10.1. The lowest BCUT2D eigenvalue weighted by Crippen LogP contribution is -2.42. The Hall–Kier alpha value is -2.97. The maximum atomic E-state index is 13.2. The first-order chi connectivity index (χ1) is 15.7. The van der Waals surface area contributed by atoms with Crippen LogP contribution >= 0.6 is 0 Å². The average Bonchev–Trinajstić information content (AvgIpc) is 2.84. The largest absolute Gasteiger partial charge is 0.472 e. The number of amides is 2. The minimum atomic E-state index is -0.707. The fraction of sp³-hybridized carbons (Fsp3) is 0.458. The highest BCUT2D eigenvalue weighted by Crippen LogP contribution is 2.37. The third kappa shape index (κ3) is 5.63. The summed E-state index contributed by atoms with van der Waals surface area (Å²) in [5.41, 5.74) is 0.801. The van der Waals surface area contributed by atoms with E-state index < -0.39 is 6.10 Å². The van der Waals surface area contributed by atoms with Crippen LogP contribution in [0.25, 0.3) is 0 Å². The number of anilines is 1. The van der Waals surface area contributed by atoms with E-state index in [0.29, 0.717) is 37.5 Å². The van der Waals surface area contributed by atoms with Crippen LogP contribution in [-0.2, 0) is 14.3 Å². The lowest BCUT2D eigenvalue weighted by Gasteiger charge is -2.33. The smallest absolute Gasteiger partial charge is 0.274 e. The first-order valence-corrected chi connectivity index (χ1v) is 11.3. The van der Waals surface area contributed by atoms with E-state index in [1.54, 1.807) is 17.2 Å². The van der Waals surface area contributed by atoms with Crippen molar-refractivity contribution in [2.75, 3.05) is 50.8 Å². The van der Waals surface area contributed by atoms with Gasteiger partial charge in [-0.1, -0.05) is 30.3 Å². The van der Waals surface area contributed by atoms with Gasteiger partial charge in [0.05, 0.1) is 13.2 Å². The standard InChI is InChI=1S/C24H30N4O4/c29-21(25-12-6-13-27-15-17-31-18-16-27)10-5-14-28-23-20(9-4-11-26-23)32-22(24(28)30)19-7-2-1-3-8-19/h1-4,7-9,11,22H,5-6,10,12-18H2,(H,25,29)/t22-/m0/s1. The van der Waals surface area contributed by atoms with Crippen molar-refractivity contribution < 1.29 is 19.1 Å². The van der Waals surface area contributed by atoms with Crippen molar-refractivity contribution in [3.8, 4) is 5.75 Å². The van der Waals surface area contributed by atoms with Gasteiger partial charge in [0.15, 0.2) is 11.6 Å². The van der Waals surface area contributed by atoms with E-state index >= 15 is 0 Å². The first kappa shape index (κ1) is 22.2. The zero-order chi connectivity index (χ0) is 22.2. The zero-order valence-electron chi connectivity index (χ0n) is 18.2. The van der Waals surface area contributed by atoms with Gasteiger partial charge in [-0.05, 0) is 31.5 Å². The topological polar surface area (TPSA) is 84.0 Å². The quantitative estimate of drug-likeness (QED) is 0.604. The van der Waals surface area contributed by atoms with E-state index in [4.69, 9.17) is 9.47 Å². The average molecular weight is 439 g/mol. The number of fused-ring (bicyclic) bond motifs is 1. The number of benzene rings is 1. The molecule has 0 bridgehead atoms. The molecule has 0 unspecified atom stereocenters. The Labute approximate surface area is 188 Å². The van der Waals surface area contributed by atoms with E-state index in [1.165, 1.54) is 0 Å². The predicted octanol–water partition coefficient (Wildman–Crippen LogP) is 2.17. The van der Waals surface area contributed by atoms with Crippen molar-refractivity contribution in [3.63, 3.8) is 0 Å². The van der Waals surface area contributed by atoms with Gasteiger partial charge in [0.2, 0.25) is 12.0 Å². The van der Waals surface area contributed by atoms with E-state index in [0.717, 1.165) is 44.8 Å². The second kappa shape index (κ2) is 11.1. The molecular weight excluding hydrogens is 408 g/mol. The van der Waals surface area contributed by atoms with Crippen LogP contribution in [0.3, 0.4) is 0 Å². The van der Waals surface area contributed by atoms with Crippen LogP contribution in [0.1, 0.15) is 30.9 Å². The summed E-state index contributed by atoms with van der Waals surface area (Å²) in [6.07, 6.45) is 2.77. The molecule has 8 heteroatoms. The number of hydrogen-bond donors (Lipinski definition) is 1. The third-order valence-electron chi connectivity index (χ3n) is 5.71. The molecule has 2 amide bonds. The van der Waals surface area contributed by atoms with Gasteiger partial charge in [0.25, 0.3) is 5.91 Å². The van der Waals surface area contributed by atoms with Crippen molar-refractivity contribution in [1.82, 2.24) is 15.2 Å². The molecule has 1 aromatic heterocycles. The number of hydrogen-bond acceptors (Lipinski definition) is 6. The third-order valence-corrected chi connectivity index (χ3v) is 5.71. The Morgan fingerprint density at radius 2 is 1.88 bits per heavy atom. The monoisotopic (exact) mass is 438 g/mol. The molecule has 3 heterocycles. The Kier molecular flexibility index (Phi) is 7.68. The molecule has 0 radical (unpaired) electrons. The highest BCUT2D eigenvalue weighted by molar-refractivity contribution is 5.99. The highest BCUT2D eigenvalue weighted by atomic mass is 16.5. The molecule has 1 N–H and O–H groups in total. The van der Waals surface area contributed by atoms with Crippen LogP contribution in [0.15, 0.2) is 48.7 Å². The molecular formula is C24H30N4O4. The normalized spacial score (nSPS) is 18.7. The predicted molar refractivity (Wildman–Crippen MR) is 121 cm³/mol. The molecule has 2 aliphatic rings. The van der Waals surface area contributed by atoms with Crippen LogP contribution < -0.4 is 15.0 Å². The number of pyridine rings is 1. The van der Waals surface area contributed by atoms with Crippen LogP contribution in [0.4, 0.5) is 5.82 Å². The summed E-state index contributed by atoms with van der Waals surface area (Å²) < 4.78 is 11.3. The number of nitrogens with one attached hydrogen (secondary N) is 1. The van der Waals surface area contributed by atoms with Crippen molar-refractivity contribution in [1.29, 1.82) is 0 Å². The molecule has 0 saturated carbocycles. The summed E-state index contributed by atoms with van der Waals surface area (Å²) in [5.74, 6) is 0.936. The lowest BCUT2D eigenvalue weighted by molar-refractivity contribution is -0.127. The number of aromatic nitrogens is 1. The minimum Gasteiger partial charge on any atom is -0.472 e. The van der Waals surface area contributed by atoms with Crippen molar-refractivity contribution in [2.24, 2.45) is 0 Å². The van der Waals surface area contributed by atoms with Gasteiger partial charge in [0, 0.05) is 44.4 Å². The van der Waals surface area contributed by atoms with Gasteiger partial charge in [-0.25, -0.2) is 4.98 Å². The van der Waals surface area contributed by atoms with Crippen LogP contribution in [0.5, 0.6) is 5.75 Å². The number of carbonyl (C=O) groups excluding carboxylic acids is 2. The number of carbonyl (C=O) groups is 2. The number of nitrogens with zero attached hydrogens (tertiary/aromatic N) is 3.